The van der Waals surface area contributed by atoms with Gasteiger partial charge in [0.25, 0.3) is 0 Å². The summed E-state index contributed by atoms with van der Waals surface area (Å²) in [5.41, 5.74) is 13.6. The number of aryl methyl sites for hydroxylation is 1. The number of aromatic carboxylic acids is 1. The lowest BCUT2D eigenvalue weighted by molar-refractivity contribution is -0.121. The van der Waals surface area contributed by atoms with Crippen molar-refractivity contribution in [2.45, 2.75) is 32.7 Å². The lowest BCUT2D eigenvalue weighted by atomic mass is 10.1. The number of carbonyl (C=O) groups excluding carboxylic acids is 1. The predicted octanol–water partition coefficient (Wildman–Crippen LogP) is 5.38. The number of halogens is 2. The van der Waals surface area contributed by atoms with E-state index in [0.717, 1.165) is 0 Å². The fourth-order valence-electron chi connectivity index (χ4n) is 4.45. The number of para-hydroxylation sites is 1. The molecule has 46 heavy (non-hydrogen) atoms. The maximum Gasteiger partial charge on any atom is 0.337 e. The van der Waals surface area contributed by atoms with Crippen LogP contribution in [0.1, 0.15) is 41.2 Å². The number of carboxylic acid groups (broad SMARTS) is 1. The van der Waals surface area contributed by atoms with Gasteiger partial charge in [0, 0.05) is 42.3 Å². The molecular weight excluding hydrogens is 633 g/mol. The van der Waals surface area contributed by atoms with E-state index in [-0.39, 0.29) is 24.0 Å². The number of guanidine groups is 1. The van der Waals surface area contributed by atoms with Crippen LogP contribution in [0.4, 0.5) is 22.9 Å². The molecule has 0 unspecified atom stereocenters. The fraction of sp³-hybridized carbons (Fsp3) is 0.258. The number of anilines is 4. The molecule has 2 heterocycles. The first kappa shape index (κ1) is 33.9. The Morgan fingerprint density at radius 1 is 1.02 bits per heavy atom. The van der Waals surface area contributed by atoms with E-state index in [4.69, 9.17) is 39.1 Å². The first-order chi connectivity index (χ1) is 22.1. The Bertz CT molecular complexity index is 1710. The van der Waals surface area contributed by atoms with Gasteiger partial charge in [-0.1, -0.05) is 35.3 Å². The number of unbranched alkanes of at least 4 members (excludes halogenated alkanes) is 1. The molecule has 0 spiro atoms. The summed E-state index contributed by atoms with van der Waals surface area (Å²) in [6.07, 6.45) is 3.28. The molecule has 0 saturated carbocycles. The minimum atomic E-state index is -1.08. The van der Waals surface area contributed by atoms with Gasteiger partial charge in [-0.2, -0.15) is 0 Å². The Kier molecular flexibility index (Phi) is 12.0. The minimum Gasteiger partial charge on any atom is -0.478 e. The van der Waals surface area contributed by atoms with Gasteiger partial charge in [0.15, 0.2) is 17.5 Å². The zero-order valence-corrected chi connectivity index (χ0v) is 26.6. The molecule has 0 atom stereocenters. The zero-order valence-electron chi connectivity index (χ0n) is 25.1. The molecule has 4 aromatic rings. The second-order valence-electron chi connectivity index (χ2n) is 10.1. The summed E-state index contributed by atoms with van der Waals surface area (Å²) in [6, 6.07) is 13.4. The van der Waals surface area contributed by atoms with Crippen molar-refractivity contribution in [2.24, 2.45) is 16.5 Å². The molecule has 0 fully saturated rings. The van der Waals surface area contributed by atoms with Crippen LogP contribution < -0.4 is 32.7 Å². The van der Waals surface area contributed by atoms with Crippen molar-refractivity contribution in [1.29, 1.82) is 0 Å². The van der Waals surface area contributed by atoms with Crippen LogP contribution in [0.2, 0.25) is 10.0 Å². The largest absolute Gasteiger partial charge is 0.478 e. The van der Waals surface area contributed by atoms with Gasteiger partial charge in [-0.25, -0.2) is 14.8 Å². The van der Waals surface area contributed by atoms with Crippen molar-refractivity contribution in [3.8, 4) is 11.3 Å². The third-order valence-electron chi connectivity index (χ3n) is 6.59. The predicted molar refractivity (Wildman–Crippen MR) is 181 cm³/mol. The Balaban J connectivity index is 1.50. The standard InChI is InChI=1S/C31H35Cl2N9O4/c1-18-14-24(36-12-13-37-26(43)8-4-5-11-38-31(34)35)28(29(41-18)42-23-7-3-2-6-20(23)30(44)45)40-17-27-39-16-25(46-27)21-15-19(32)9-10-22(21)33/h2-3,6-7,9-10,14-16,40H,4-5,8,11-13,17H2,1H3,(H,37,43)(H,44,45)(H4,34,35,38)(H2,36,41,42). The molecule has 2 aromatic carbocycles. The van der Waals surface area contributed by atoms with Gasteiger partial charge in [0.1, 0.15) is 5.69 Å². The monoisotopic (exact) mass is 667 g/mol. The van der Waals surface area contributed by atoms with Crippen molar-refractivity contribution >= 4 is 63.9 Å². The smallest absolute Gasteiger partial charge is 0.337 e. The molecule has 0 radical (unpaired) electrons. The number of nitrogens with zero attached hydrogens (tertiary/aromatic N) is 3. The quantitative estimate of drug-likeness (QED) is 0.0459. The number of oxazole rings is 1. The number of aromatic nitrogens is 2. The first-order valence-corrected chi connectivity index (χ1v) is 15.2. The molecule has 0 saturated heterocycles. The Labute approximate surface area is 275 Å². The molecule has 1 amide bonds. The maximum absolute atomic E-state index is 12.3. The number of aliphatic imine (C=N–C) groups is 1. The molecule has 9 N–H and O–H groups in total. The molecule has 15 heteroatoms. The van der Waals surface area contributed by atoms with E-state index < -0.39 is 5.97 Å². The van der Waals surface area contributed by atoms with Crippen molar-refractivity contribution in [2.75, 3.05) is 35.6 Å². The number of amides is 1. The van der Waals surface area contributed by atoms with Gasteiger partial charge in [-0.3, -0.25) is 9.79 Å². The maximum atomic E-state index is 12.3. The van der Waals surface area contributed by atoms with Crippen molar-refractivity contribution in [3.63, 3.8) is 0 Å². The topological polar surface area (TPSA) is 206 Å². The molecule has 0 aliphatic rings. The van der Waals surface area contributed by atoms with E-state index in [1.165, 1.54) is 6.07 Å². The average molecular weight is 669 g/mol. The summed E-state index contributed by atoms with van der Waals surface area (Å²) < 4.78 is 5.96. The number of nitrogens with one attached hydrogen (secondary N) is 4. The lowest BCUT2D eigenvalue weighted by Crippen LogP contribution is -2.28. The molecular formula is C31H35Cl2N9O4. The highest BCUT2D eigenvalue weighted by Gasteiger charge is 2.17. The SMILES string of the molecule is Cc1cc(NCCNC(=O)CCCCN=C(N)N)c(NCc2ncc(-c3cc(Cl)ccc3Cl)o2)c(Nc2ccccc2C(=O)O)n1. The third-order valence-corrected chi connectivity index (χ3v) is 7.16. The van der Waals surface area contributed by atoms with Crippen LogP contribution in [0.5, 0.6) is 0 Å². The zero-order chi connectivity index (χ0) is 33.1. The highest BCUT2D eigenvalue weighted by molar-refractivity contribution is 6.35. The summed E-state index contributed by atoms with van der Waals surface area (Å²) in [5, 5.41) is 23.4. The highest BCUT2D eigenvalue weighted by Crippen LogP contribution is 2.35. The third kappa shape index (κ3) is 9.74. The van der Waals surface area contributed by atoms with Gasteiger partial charge >= 0.3 is 5.97 Å². The molecule has 13 nitrogen and oxygen atoms in total. The second-order valence-corrected chi connectivity index (χ2v) is 11.0. The van der Waals surface area contributed by atoms with E-state index in [2.05, 4.69) is 36.2 Å². The van der Waals surface area contributed by atoms with E-state index in [1.54, 1.807) is 42.6 Å². The molecule has 242 valence electrons. The lowest BCUT2D eigenvalue weighted by Gasteiger charge is -2.19. The van der Waals surface area contributed by atoms with Gasteiger partial charge < -0.3 is 42.3 Å². The van der Waals surface area contributed by atoms with Crippen LogP contribution in [-0.4, -0.2) is 52.5 Å². The normalized spacial score (nSPS) is 10.7. The summed E-state index contributed by atoms with van der Waals surface area (Å²) in [4.78, 5) is 37.1. The Morgan fingerprint density at radius 2 is 1.83 bits per heavy atom. The number of pyridine rings is 1. The van der Waals surface area contributed by atoms with E-state index in [9.17, 15) is 14.7 Å². The molecule has 2 aromatic heterocycles. The van der Waals surface area contributed by atoms with E-state index in [0.29, 0.717) is 94.7 Å². The average Bonchev–Trinajstić information content (AvgIpc) is 3.48. The molecule has 0 bridgehead atoms. The van der Waals surface area contributed by atoms with Gasteiger partial charge in [-0.05, 0) is 56.2 Å². The number of hydrogen-bond acceptors (Lipinski definition) is 9. The molecule has 0 aliphatic heterocycles. The first-order valence-electron chi connectivity index (χ1n) is 14.4. The number of carboxylic acids is 1. The summed E-state index contributed by atoms with van der Waals surface area (Å²) >= 11 is 12.5. The van der Waals surface area contributed by atoms with Crippen LogP contribution in [0.15, 0.2) is 64.1 Å². The Hall–Kier alpha value is -5.01. The van der Waals surface area contributed by atoms with Crippen LogP contribution in [0.3, 0.4) is 0 Å². The van der Waals surface area contributed by atoms with Crippen molar-refractivity contribution < 1.29 is 19.1 Å². The number of carbonyl (C=O) groups is 2. The van der Waals surface area contributed by atoms with E-state index in [1.807, 2.05) is 13.0 Å². The molecule has 0 aliphatic carbocycles. The summed E-state index contributed by atoms with van der Waals surface area (Å²) in [5.74, 6) is 0.0657. The Morgan fingerprint density at radius 3 is 2.61 bits per heavy atom. The van der Waals surface area contributed by atoms with Crippen LogP contribution in [0, 0.1) is 6.92 Å². The van der Waals surface area contributed by atoms with Crippen LogP contribution in [-0.2, 0) is 11.3 Å². The fourth-order valence-corrected chi connectivity index (χ4v) is 4.83. The highest BCUT2D eigenvalue weighted by atomic mass is 35.5. The van der Waals surface area contributed by atoms with E-state index >= 15 is 0 Å². The second kappa shape index (κ2) is 16.3. The van der Waals surface area contributed by atoms with Crippen LogP contribution >= 0.6 is 23.2 Å². The van der Waals surface area contributed by atoms with Crippen molar-refractivity contribution in [3.05, 3.63) is 81.9 Å². The molecule has 4 rings (SSSR count). The van der Waals surface area contributed by atoms with Crippen molar-refractivity contribution in [1.82, 2.24) is 15.3 Å². The van der Waals surface area contributed by atoms with Gasteiger partial charge in [-0.15, -0.1) is 0 Å². The number of hydrogen-bond donors (Lipinski definition) is 7. The number of benzene rings is 2. The summed E-state index contributed by atoms with van der Waals surface area (Å²) in [6.45, 7) is 3.22. The minimum absolute atomic E-state index is 0.0350. The van der Waals surface area contributed by atoms with Gasteiger partial charge in [0.2, 0.25) is 11.8 Å². The van der Waals surface area contributed by atoms with Crippen LogP contribution in [0.25, 0.3) is 11.3 Å². The number of nitrogens with two attached hydrogens (primary N) is 2. The summed E-state index contributed by atoms with van der Waals surface area (Å²) in [7, 11) is 0. The van der Waals surface area contributed by atoms with Gasteiger partial charge in [0.05, 0.1) is 34.7 Å². The number of rotatable bonds is 16.